The van der Waals surface area contributed by atoms with Gasteiger partial charge in [-0.1, -0.05) is 13.8 Å². The van der Waals surface area contributed by atoms with Crippen molar-refractivity contribution in [1.29, 1.82) is 0 Å². The van der Waals surface area contributed by atoms with Crippen LogP contribution in [0.1, 0.15) is 52.9 Å². The molecule has 2 rings (SSSR count). The summed E-state index contributed by atoms with van der Waals surface area (Å²) in [4.78, 5) is 14.6. The van der Waals surface area contributed by atoms with E-state index in [2.05, 4.69) is 18.7 Å². The Morgan fingerprint density at radius 2 is 1.94 bits per heavy atom. The summed E-state index contributed by atoms with van der Waals surface area (Å²) < 4.78 is 0. The Bertz CT molecular complexity index is 291. The molecule has 2 N–H and O–H groups in total. The standard InChI is InChI=1S/C14H26N2O/c1-10(2)8-9-16(12-6-7-12)13(17)14(3,15)11-4-5-11/h10-12H,4-9,15H2,1-3H3. The SMILES string of the molecule is CC(C)CCN(C(=O)C(C)(N)C1CC1)C1CC1. The molecule has 3 nitrogen and oxygen atoms in total. The van der Waals surface area contributed by atoms with Gasteiger partial charge in [0.1, 0.15) is 0 Å². The topological polar surface area (TPSA) is 46.3 Å². The van der Waals surface area contributed by atoms with Gasteiger partial charge in [0.2, 0.25) is 5.91 Å². The average molecular weight is 238 g/mol. The van der Waals surface area contributed by atoms with Gasteiger partial charge in [-0.3, -0.25) is 4.79 Å². The highest BCUT2D eigenvalue weighted by Crippen LogP contribution is 2.40. The van der Waals surface area contributed by atoms with Crippen LogP contribution >= 0.6 is 0 Å². The zero-order chi connectivity index (χ0) is 12.6. The number of carbonyl (C=O) groups excluding carboxylic acids is 1. The van der Waals surface area contributed by atoms with Gasteiger partial charge < -0.3 is 10.6 Å². The van der Waals surface area contributed by atoms with E-state index in [-0.39, 0.29) is 5.91 Å². The minimum absolute atomic E-state index is 0.197. The second-order valence-electron chi connectivity index (χ2n) is 6.47. The van der Waals surface area contributed by atoms with Crippen molar-refractivity contribution in [2.45, 2.75) is 64.5 Å². The van der Waals surface area contributed by atoms with Crippen LogP contribution in [0.3, 0.4) is 0 Å². The molecule has 0 aromatic rings. The number of hydrogen-bond donors (Lipinski definition) is 1. The number of carbonyl (C=O) groups is 1. The van der Waals surface area contributed by atoms with Gasteiger partial charge in [0.05, 0.1) is 5.54 Å². The third-order valence-electron chi connectivity index (χ3n) is 4.08. The average Bonchev–Trinajstić information content (AvgIpc) is 3.08. The first kappa shape index (κ1) is 12.9. The summed E-state index contributed by atoms with van der Waals surface area (Å²) >= 11 is 0. The Kier molecular flexibility index (Phi) is 3.48. The molecule has 0 saturated heterocycles. The summed E-state index contributed by atoms with van der Waals surface area (Å²) in [5.41, 5.74) is 5.64. The largest absolute Gasteiger partial charge is 0.338 e. The van der Waals surface area contributed by atoms with E-state index in [4.69, 9.17) is 5.73 Å². The lowest BCUT2D eigenvalue weighted by atomic mass is 9.95. The number of nitrogens with zero attached hydrogens (tertiary/aromatic N) is 1. The highest BCUT2D eigenvalue weighted by molar-refractivity contribution is 5.87. The Morgan fingerprint density at radius 1 is 1.35 bits per heavy atom. The zero-order valence-corrected chi connectivity index (χ0v) is 11.4. The molecule has 2 fully saturated rings. The zero-order valence-electron chi connectivity index (χ0n) is 11.4. The molecular weight excluding hydrogens is 212 g/mol. The second-order valence-corrected chi connectivity index (χ2v) is 6.47. The highest BCUT2D eigenvalue weighted by Gasteiger charge is 2.48. The van der Waals surface area contributed by atoms with Crippen LogP contribution in [0.2, 0.25) is 0 Å². The fourth-order valence-electron chi connectivity index (χ4n) is 2.40. The van der Waals surface area contributed by atoms with Gasteiger partial charge >= 0.3 is 0 Å². The van der Waals surface area contributed by atoms with Crippen LogP contribution in [0, 0.1) is 11.8 Å². The third kappa shape index (κ3) is 3.01. The molecule has 17 heavy (non-hydrogen) atoms. The van der Waals surface area contributed by atoms with Gasteiger partial charge in [-0.25, -0.2) is 0 Å². The van der Waals surface area contributed by atoms with Crippen molar-refractivity contribution in [1.82, 2.24) is 4.90 Å². The molecule has 0 spiro atoms. The van der Waals surface area contributed by atoms with Gasteiger partial charge in [0, 0.05) is 12.6 Å². The molecule has 98 valence electrons. The Balaban J connectivity index is 1.97. The van der Waals surface area contributed by atoms with E-state index in [9.17, 15) is 4.79 Å². The van der Waals surface area contributed by atoms with Crippen molar-refractivity contribution in [3.63, 3.8) is 0 Å². The predicted molar refractivity (Wildman–Crippen MR) is 69.5 cm³/mol. The molecule has 0 aromatic carbocycles. The van der Waals surface area contributed by atoms with Crippen molar-refractivity contribution in [2.24, 2.45) is 17.6 Å². The van der Waals surface area contributed by atoms with E-state index < -0.39 is 5.54 Å². The summed E-state index contributed by atoms with van der Waals surface area (Å²) in [5.74, 6) is 1.27. The van der Waals surface area contributed by atoms with Crippen molar-refractivity contribution < 1.29 is 4.79 Å². The summed E-state index contributed by atoms with van der Waals surface area (Å²) in [6.45, 7) is 7.23. The number of hydrogen-bond acceptors (Lipinski definition) is 2. The summed E-state index contributed by atoms with van der Waals surface area (Å²) in [6.07, 6.45) is 5.68. The van der Waals surface area contributed by atoms with E-state index in [0.29, 0.717) is 17.9 Å². The molecule has 0 aliphatic heterocycles. The minimum atomic E-state index is -0.612. The Labute approximate surface area is 105 Å². The van der Waals surface area contributed by atoms with Crippen LogP contribution in [-0.2, 0) is 4.79 Å². The maximum absolute atomic E-state index is 12.5. The van der Waals surface area contributed by atoms with E-state index in [1.54, 1.807) is 0 Å². The molecule has 1 atom stereocenters. The molecule has 0 bridgehead atoms. The minimum Gasteiger partial charge on any atom is -0.338 e. The normalized spacial score (nSPS) is 23.6. The fourth-order valence-corrected chi connectivity index (χ4v) is 2.40. The molecule has 1 unspecified atom stereocenters. The lowest BCUT2D eigenvalue weighted by molar-refractivity contribution is -0.138. The van der Waals surface area contributed by atoms with Gasteiger partial charge in [-0.15, -0.1) is 0 Å². The van der Waals surface area contributed by atoms with Gasteiger partial charge in [0.15, 0.2) is 0 Å². The van der Waals surface area contributed by atoms with Crippen LogP contribution in [0.25, 0.3) is 0 Å². The second kappa shape index (κ2) is 4.60. The molecule has 0 aromatic heterocycles. The maximum atomic E-state index is 12.5. The number of amides is 1. The third-order valence-corrected chi connectivity index (χ3v) is 4.08. The van der Waals surface area contributed by atoms with E-state index in [1.165, 1.54) is 12.8 Å². The molecule has 3 heteroatoms. The molecule has 0 radical (unpaired) electrons. The van der Waals surface area contributed by atoms with Crippen molar-refractivity contribution in [3.8, 4) is 0 Å². The smallest absolute Gasteiger partial charge is 0.242 e. The fraction of sp³-hybridized carbons (Fsp3) is 0.929. The summed E-state index contributed by atoms with van der Waals surface area (Å²) in [6, 6.07) is 0.489. The van der Waals surface area contributed by atoms with E-state index in [0.717, 1.165) is 25.8 Å². The molecule has 1 amide bonds. The first-order valence-electron chi connectivity index (χ1n) is 7.03. The molecule has 0 heterocycles. The van der Waals surface area contributed by atoms with Crippen molar-refractivity contribution >= 4 is 5.91 Å². The first-order valence-corrected chi connectivity index (χ1v) is 7.03. The van der Waals surface area contributed by atoms with Crippen LogP contribution in [0.4, 0.5) is 0 Å². The van der Waals surface area contributed by atoms with Crippen molar-refractivity contribution in [3.05, 3.63) is 0 Å². The van der Waals surface area contributed by atoms with Crippen molar-refractivity contribution in [2.75, 3.05) is 6.54 Å². The Morgan fingerprint density at radius 3 is 2.35 bits per heavy atom. The summed E-state index contributed by atoms with van der Waals surface area (Å²) in [7, 11) is 0. The van der Waals surface area contributed by atoms with Crippen LogP contribution in [0.5, 0.6) is 0 Å². The molecule has 2 saturated carbocycles. The first-order chi connectivity index (χ1) is 7.93. The number of rotatable bonds is 6. The van der Waals surface area contributed by atoms with Gasteiger partial charge in [0.25, 0.3) is 0 Å². The van der Waals surface area contributed by atoms with Crippen LogP contribution in [-0.4, -0.2) is 28.9 Å². The van der Waals surface area contributed by atoms with E-state index in [1.807, 2.05) is 6.92 Å². The molecule has 2 aliphatic rings. The quantitative estimate of drug-likeness (QED) is 0.770. The van der Waals surface area contributed by atoms with Gasteiger partial charge in [-0.05, 0) is 50.9 Å². The lowest BCUT2D eigenvalue weighted by Gasteiger charge is -2.32. The maximum Gasteiger partial charge on any atom is 0.242 e. The predicted octanol–water partition coefficient (Wildman–Crippen LogP) is 2.15. The monoisotopic (exact) mass is 238 g/mol. The highest BCUT2D eigenvalue weighted by atomic mass is 16.2. The number of nitrogens with two attached hydrogens (primary N) is 1. The van der Waals surface area contributed by atoms with Crippen LogP contribution < -0.4 is 5.73 Å². The molecular formula is C14H26N2O. The van der Waals surface area contributed by atoms with Crippen LogP contribution in [0.15, 0.2) is 0 Å². The molecule has 2 aliphatic carbocycles. The Hall–Kier alpha value is -0.570. The summed E-state index contributed by atoms with van der Waals surface area (Å²) in [5, 5.41) is 0. The van der Waals surface area contributed by atoms with Gasteiger partial charge in [-0.2, -0.15) is 0 Å². The lowest BCUT2D eigenvalue weighted by Crippen LogP contribution is -2.55. The van der Waals surface area contributed by atoms with E-state index >= 15 is 0 Å².